The second-order valence-electron chi connectivity index (χ2n) is 3.59. The van der Waals surface area contributed by atoms with E-state index in [0.29, 0.717) is 21.3 Å². The second kappa shape index (κ2) is 5.74. The molecule has 0 unspecified atom stereocenters. The standard InChI is InChI=1S/C13H8BrCl2NO/c14-11-7-10(5-6-12(11)16)17-13(18)8-1-3-9(15)4-2-8/h1-7H,(H,17,18). The van der Waals surface area contributed by atoms with Crippen molar-refractivity contribution in [1.82, 2.24) is 0 Å². The lowest BCUT2D eigenvalue weighted by Crippen LogP contribution is -2.11. The molecule has 2 aromatic carbocycles. The monoisotopic (exact) mass is 343 g/mol. The van der Waals surface area contributed by atoms with E-state index in [-0.39, 0.29) is 5.91 Å². The maximum atomic E-state index is 11.9. The highest BCUT2D eigenvalue weighted by Crippen LogP contribution is 2.25. The molecule has 0 radical (unpaired) electrons. The van der Waals surface area contributed by atoms with Crippen LogP contribution in [0.2, 0.25) is 10.0 Å². The molecular formula is C13H8BrCl2NO. The molecule has 0 heterocycles. The minimum absolute atomic E-state index is 0.194. The van der Waals surface area contributed by atoms with Crippen LogP contribution in [0.3, 0.4) is 0 Å². The molecule has 1 amide bonds. The number of carbonyl (C=O) groups is 1. The molecular weight excluding hydrogens is 337 g/mol. The Morgan fingerprint density at radius 2 is 1.72 bits per heavy atom. The fourth-order valence-corrected chi connectivity index (χ4v) is 2.00. The van der Waals surface area contributed by atoms with Gasteiger partial charge in [0.2, 0.25) is 0 Å². The van der Waals surface area contributed by atoms with Gasteiger partial charge in [-0.1, -0.05) is 23.2 Å². The Morgan fingerprint density at radius 1 is 1.06 bits per heavy atom. The van der Waals surface area contributed by atoms with Crippen molar-refractivity contribution < 1.29 is 4.79 Å². The van der Waals surface area contributed by atoms with Gasteiger partial charge in [-0.05, 0) is 58.4 Å². The number of amides is 1. The van der Waals surface area contributed by atoms with Crippen molar-refractivity contribution >= 4 is 50.7 Å². The summed E-state index contributed by atoms with van der Waals surface area (Å²) >= 11 is 14.9. The van der Waals surface area contributed by atoms with Gasteiger partial charge in [-0.15, -0.1) is 0 Å². The Kier molecular flexibility index (Phi) is 4.27. The van der Waals surface area contributed by atoms with Gasteiger partial charge in [0, 0.05) is 20.7 Å². The van der Waals surface area contributed by atoms with E-state index in [9.17, 15) is 4.79 Å². The highest BCUT2D eigenvalue weighted by Gasteiger charge is 2.06. The van der Waals surface area contributed by atoms with Gasteiger partial charge >= 0.3 is 0 Å². The zero-order valence-electron chi connectivity index (χ0n) is 9.08. The number of halogens is 3. The Hall–Kier alpha value is -1.03. The fraction of sp³-hybridized carbons (Fsp3) is 0. The molecule has 0 fully saturated rings. The van der Waals surface area contributed by atoms with E-state index >= 15 is 0 Å². The smallest absolute Gasteiger partial charge is 0.255 e. The topological polar surface area (TPSA) is 29.1 Å². The third-order valence-electron chi connectivity index (χ3n) is 2.28. The van der Waals surface area contributed by atoms with E-state index in [1.807, 2.05) is 0 Å². The van der Waals surface area contributed by atoms with Gasteiger partial charge in [-0.25, -0.2) is 0 Å². The first kappa shape index (κ1) is 13.4. The Labute approximate surface area is 123 Å². The zero-order valence-corrected chi connectivity index (χ0v) is 12.2. The molecule has 5 heteroatoms. The van der Waals surface area contributed by atoms with Crippen LogP contribution in [0.25, 0.3) is 0 Å². The minimum Gasteiger partial charge on any atom is -0.322 e. The lowest BCUT2D eigenvalue weighted by molar-refractivity contribution is 0.102. The van der Waals surface area contributed by atoms with Crippen molar-refractivity contribution in [1.29, 1.82) is 0 Å². The first-order valence-corrected chi connectivity index (χ1v) is 6.63. The Morgan fingerprint density at radius 3 is 2.33 bits per heavy atom. The molecule has 0 spiro atoms. The maximum Gasteiger partial charge on any atom is 0.255 e. The molecule has 0 aromatic heterocycles. The van der Waals surface area contributed by atoms with Crippen LogP contribution in [0.1, 0.15) is 10.4 Å². The highest BCUT2D eigenvalue weighted by atomic mass is 79.9. The number of hydrogen-bond acceptors (Lipinski definition) is 1. The quantitative estimate of drug-likeness (QED) is 0.815. The van der Waals surface area contributed by atoms with Gasteiger partial charge in [-0.2, -0.15) is 0 Å². The minimum atomic E-state index is -0.194. The van der Waals surface area contributed by atoms with Crippen molar-refractivity contribution in [3.05, 3.63) is 62.5 Å². The van der Waals surface area contributed by atoms with Crippen LogP contribution in [0.4, 0.5) is 5.69 Å². The van der Waals surface area contributed by atoms with Crippen LogP contribution in [0.15, 0.2) is 46.9 Å². The molecule has 0 bridgehead atoms. The number of benzene rings is 2. The maximum absolute atomic E-state index is 11.9. The third kappa shape index (κ3) is 3.25. The second-order valence-corrected chi connectivity index (χ2v) is 5.29. The molecule has 0 atom stereocenters. The fourth-order valence-electron chi connectivity index (χ4n) is 1.38. The van der Waals surface area contributed by atoms with Gasteiger partial charge in [0.1, 0.15) is 0 Å². The molecule has 2 rings (SSSR count). The molecule has 0 aliphatic carbocycles. The van der Waals surface area contributed by atoms with Crippen LogP contribution in [0, 0.1) is 0 Å². The van der Waals surface area contributed by atoms with Crippen molar-refractivity contribution in [2.45, 2.75) is 0 Å². The predicted molar refractivity (Wildman–Crippen MR) is 78.6 cm³/mol. The summed E-state index contributed by atoms with van der Waals surface area (Å²) in [4.78, 5) is 11.9. The largest absolute Gasteiger partial charge is 0.322 e. The number of anilines is 1. The molecule has 0 saturated carbocycles. The van der Waals surface area contributed by atoms with Crippen molar-refractivity contribution in [3.8, 4) is 0 Å². The third-order valence-corrected chi connectivity index (χ3v) is 3.75. The summed E-state index contributed by atoms with van der Waals surface area (Å²) in [7, 11) is 0. The summed E-state index contributed by atoms with van der Waals surface area (Å²) in [6.45, 7) is 0. The van der Waals surface area contributed by atoms with E-state index in [1.165, 1.54) is 0 Å². The number of rotatable bonds is 2. The summed E-state index contributed by atoms with van der Waals surface area (Å²) in [6, 6.07) is 11.9. The summed E-state index contributed by atoms with van der Waals surface area (Å²) in [6.07, 6.45) is 0. The molecule has 0 aliphatic rings. The number of nitrogens with one attached hydrogen (secondary N) is 1. The summed E-state index contributed by atoms with van der Waals surface area (Å²) < 4.78 is 0.734. The van der Waals surface area contributed by atoms with Gasteiger partial charge in [0.25, 0.3) is 5.91 Å². The average Bonchev–Trinajstić information content (AvgIpc) is 2.34. The number of carbonyl (C=O) groups excluding carboxylic acids is 1. The lowest BCUT2D eigenvalue weighted by atomic mass is 10.2. The SMILES string of the molecule is O=C(Nc1ccc(Cl)c(Br)c1)c1ccc(Cl)cc1. The Bertz CT molecular complexity index is 584. The van der Waals surface area contributed by atoms with Gasteiger partial charge < -0.3 is 5.32 Å². The average molecular weight is 345 g/mol. The lowest BCUT2D eigenvalue weighted by Gasteiger charge is -2.06. The summed E-state index contributed by atoms with van der Waals surface area (Å²) in [5, 5.41) is 3.97. The summed E-state index contributed by atoms with van der Waals surface area (Å²) in [5.41, 5.74) is 1.22. The zero-order chi connectivity index (χ0) is 13.1. The molecule has 0 saturated heterocycles. The molecule has 2 nitrogen and oxygen atoms in total. The highest BCUT2D eigenvalue weighted by molar-refractivity contribution is 9.10. The Balaban J connectivity index is 2.16. The van der Waals surface area contributed by atoms with Crippen molar-refractivity contribution in [3.63, 3.8) is 0 Å². The molecule has 2 aromatic rings. The first-order chi connectivity index (χ1) is 8.56. The van der Waals surface area contributed by atoms with E-state index in [2.05, 4.69) is 21.2 Å². The van der Waals surface area contributed by atoms with Gasteiger partial charge in [-0.3, -0.25) is 4.79 Å². The van der Waals surface area contributed by atoms with Crippen LogP contribution in [-0.4, -0.2) is 5.91 Å². The molecule has 18 heavy (non-hydrogen) atoms. The van der Waals surface area contributed by atoms with Crippen molar-refractivity contribution in [2.75, 3.05) is 5.32 Å². The van der Waals surface area contributed by atoms with Crippen LogP contribution >= 0.6 is 39.1 Å². The first-order valence-electron chi connectivity index (χ1n) is 5.08. The predicted octanol–water partition coefficient (Wildman–Crippen LogP) is 5.01. The van der Waals surface area contributed by atoms with E-state index < -0.39 is 0 Å². The molecule has 92 valence electrons. The summed E-state index contributed by atoms with van der Waals surface area (Å²) in [5.74, 6) is -0.194. The van der Waals surface area contributed by atoms with Gasteiger partial charge in [0.05, 0.1) is 5.02 Å². The van der Waals surface area contributed by atoms with Gasteiger partial charge in [0.15, 0.2) is 0 Å². The van der Waals surface area contributed by atoms with Crippen LogP contribution in [0.5, 0.6) is 0 Å². The van der Waals surface area contributed by atoms with E-state index in [4.69, 9.17) is 23.2 Å². The normalized spacial score (nSPS) is 10.2. The van der Waals surface area contributed by atoms with E-state index in [0.717, 1.165) is 4.47 Å². The van der Waals surface area contributed by atoms with Crippen LogP contribution < -0.4 is 5.32 Å². The van der Waals surface area contributed by atoms with E-state index in [1.54, 1.807) is 42.5 Å². The van der Waals surface area contributed by atoms with Crippen molar-refractivity contribution in [2.24, 2.45) is 0 Å². The van der Waals surface area contributed by atoms with Crippen LogP contribution in [-0.2, 0) is 0 Å². The molecule has 1 N–H and O–H groups in total. The number of hydrogen-bond donors (Lipinski definition) is 1. The molecule has 0 aliphatic heterocycles.